The molecule has 0 unspecified atom stereocenters. The average molecular weight is 189 g/mol. The van der Waals surface area contributed by atoms with Crippen LogP contribution in [0.4, 0.5) is 0 Å². The van der Waals surface area contributed by atoms with Gasteiger partial charge in [-0.2, -0.15) is 0 Å². The molecular formula is C10H7NO3. The highest BCUT2D eigenvalue weighted by molar-refractivity contribution is 6.06. The van der Waals surface area contributed by atoms with E-state index in [1.54, 1.807) is 18.2 Å². The number of esters is 1. The van der Waals surface area contributed by atoms with Crippen LogP contribution in [0.1, 0.15) is 10.4 Å². The van der Waals surface area contributed by atoms with Gasteiger partial charge in [0.15, 0.2) is 0 Å². The molecule has 0 aromatic heterocycles. The first-order valence-corrected chi connectivity index (χ1v) is 4.03. The number of carbonyl (C=O) groups is 2. The van der Waals surface area contributed by atoms with E-state index >= 15 is 0 Å². The minimum atomic E-state index is -0.428. The minimum Gasteiger partial charge on any atom is -0.465 e. The van der Waals surface area contributed by atoms with Crippen LogP contribution < -0.4 is 10.6 Å². The molecule has 2 rings (SSSR count). The molecule has 1 aliphatic heterocycles. The molecule has 4 heteroatoms. The van der Waals surface area contributed by atoms with E-state index in [2.05, 4.69) is 9.73 Å². The smallest absolute Gasteiger partial charge is 0.337 e. The Labute approximate surface area is 79.5 Å². The summed E-state index contributed by atoms with van der Waals surface area (Å²) in [6.07, 6.45) is 1.43. The lowest BCUT2D eigenvalue weighted by Gasteiger charge is -1.96. The topological polar surface area (TPSA) is 55.7 Å². The Hall–Kier alpha value is -1.97. The van der Waals surface area contributed by atoms with Crippen molar-refractivity contribution in [2.24, 2.45) is 4.99 Å². The fraction of sp³-hybridized carbons (Fsp3) is 0.100. The lowest BCUT2D eigenvalue weighted by Crippen LogP contribution is -2.22. The molecule has 0 fully saturated rings. The third-order valence-electron chi connectivity index (χ3n) is 1.96. The lowest BCUT2D eigenvalue weighted by atomic mass is 10.2. The van der Waals surface area contributed by atoms with Crippen molar-refractivity contribution < 1.29 is 14.3 Å². The summed E-state index contributed by atoms with van der Waals surface area (Å²) in [6, 6.07) is 4.83. The molecular weight excluding hydrogens is 182 g/mol. The number of benzene rings is 1. The molecule has 0 N–H and O–H groups in total. The molecule has 1 aromatic carbocycles. The van der Waals surface area contributed by atoms with Crippen LogP contribution in [-0.4, -0.2) is 19.0 Å². The van der Waals surface area contributed by atoms with Crippen LogP contribution in [0.5, 0.6) is 0 Å². The number of carbonyl (C=O) groups excluding carboxylic acids is 2. The van der Waals surface area contributed by atoms with Crippen molar-refractivity contribution in [3.05, 3.63) is 34.3 Å². The Balaban J connectivity index is 2.60. The second-order valence-corrected chi connectivity index (χ2v) is 2.86. The maximum Gasteiger partial charge on any atom is 0.337 e. The average Bonchev–Trinajstić information content (AvgIpc) is 2.55. The van der Waals surface area contributed by atoms with Crippen LogP contribution in [0.15, 0.2) is 23.2 Å². The van der Waals surface area contributed by atoms with Crippen molar-refractivity contribution in [3.63, 3.8) is 0 Å². The predicted octanol–water partition coefficient (Wildman–Crippen LogP) is -0.587. The lowest BCUT2D eigenvalue weighted by molar-refractivity contribution is -0.112. The molecule has 1 aliphatic rings. The van der Waals surface area contributed by atoms with Crippen LogP contribution >= 0.6 is 0 Å². The summed E-state index contributed by atoms with van der Waals surface area (Å²) in [5.74, 6) is -0.718. The van der Waals surface area contributed by atoms with Gasteiger partial charge in [-0.05, 0) is 12.1 Å². The number of fused-ring (bicyclic) bond motifs is 1. The van der Waals surface area contributed by atoms with E-state index in [0.29, 0.717) is 10.9 Å². The van der Waals surface area contributed by atoms with Crippen LogP contribution in [0.2, 0.25) is 0 Å². The highest BCUT2D eigenvalue weighted by Crippen LogP contribution is 1.96. The number of nitrogens with zero attached hydrogens (tertiary/aromatic N) is 1. The Morgan fingerprint density at radius 3 is 2.93 bits per heavy atom. The number of amides is 1. The monoisotopic (exact) mass is 189 g/mol. The van der Waals surface area contributed by atoms with E-state index in [4.69, 9.17) is 0 Å². The largest absolute Gasteiger partial charge is 0.465 e. The van der Waals surface area contributed by atoms with E-state index in [-0.39, 0.29) is 5.91 Å². The summed E-state index contributed by atoms with van der Waals surface area (Å²) in [5, 5.41) is 1.26. The predicted molar refractivity (Wildman–Crippen MR) is 48.0 cm³/mol. The summed E-state index contributed by atoms with van der Waals surface area (Å²) >= 11 is 0. The maximum atomic E-state index is 11.1. The van der Waals surface area contributed by atoms with Gasteiger partial charge in [-0.25, -0.2) is 9.79 Å². The van der Waals surface area contributed by atoms with Gasteiger partial charge in [0.05, 0.1) is 18.0 Å². The molecule has 0 saturated heterocycles. The Bertz CT molecular complexity index is 531. The second-order valence-electron chi connectivity index (χ2n) is 2.86. The number of hydrogen-bond donors (Lipinski definition) is 0. The summed E-state index contributed by atoms with van der Waals surface area (Å²) in [6.45, 7) is 0. The third-order valence-corrected chi connectivity index (χ3v) is 1.96. The molecule has 0 aliphatic carbocycles. The highest BCUT2D eigenvalue weighted by Gasteiger charge is 2.08. The van der Waals surface area contributed by atoms with Crippen LogP contribution in [-0.2, 0) is 9.53 Å². The quantitative estimate of drug-likeness (QED) is 0.555. The van der Waals surface area contributed by atoms with Gasteiger partial charge in [0.2, 0.25) is 0 Å². The van der Waals surface area contributed by atoms with Gasteiger partial charge in [0.25, 0.3) is 5.91 Å². The Morgan fingerprint density at radius 1 is 1.43 bits per heavy atom. The molecule has 0 spiro atoms. The number of ether oxygens (including phenoxy) is 1. The van der Waals surface area contributed by atoms with E-state index in [9.17, 15) is 9.59 Å². The molecule has 70 valence electrons. The SMILES string of the molecule is COC(=O)c1ccc2c(c1)=NC(=O)C=2. The standard InChI is InChI=1S/C10H7NO3/c1-14-10(13)7-3-2-6-5-9(12)11-8(6)4-7/h2-5H,1H3. The van der Waals surface area contributed by atoms with Gasteiger partial charge in [0.1, 0.15) is 0 Å². The van der Waals surface area contributed by atoms with Gasteiger partial charge in [-0.15, -0.1) is 0 Å². The van der Waals surface area contributed by atoms with Crippen LogP contribution in [0.3, 0.4) is 0 Å². The number of methoxy groups -OCH3 is 1. The number of hydrogen-bond acceptors (Lipinski definition) is 3. The zero-order valence-corrected chi connectivity index (χ0v) is 7.48. The van der Waals surface area contributed by atoms with Gasteiger partial charge in [0, 0.05) is 11.3 Å². The van der Waals surface area contributed by atoms with Crippen LogP contribution in [0.25, 0.3) is 6.08 Å². The van der Waals surface area contributed by atoms with Gasteiger partial charge < -0.3 is 4.74 Å². The van der Waals surface area contributed by atoms with Gasteiger partial charge in [-0.1, -0.05) is 6.07 Å². The third kappa shape index (κ3) is 1.31. The highest BCUT2D eigenvalue weighted by atomic mass is 16.5. The zero-order chi connectivity index (χ0) is 10.1. The molecule has 0 bridgehead atoms. The van der Waals surface area contributed by atoms with E-state index in [1.165, 1.54) is 13.2 Å². The maximum absolute atomic E-state index is 11.1. The fourth-order valence-corrected chi connectivity index (χ4v) is 1.29. The van der Waals surface area contributed by atoms with Crippen molar-refractivity contribution in [2.75, 3.05) is 7.11 Å². The molecule has 4 nitrogen and oxygen atoms in total. The van der Waals surface area contributed by atoms with Crippen molar-refractivity contribution in [1.29, 1.82) is 0 Å². The molecule has 0 radical (unpaired) electrons. The molecule has 14 heavy (non-hydrogen) atoms. The summed E-state index contributed by atoms with van der Waals surface area (Å²) in [7, 11) is 1.31. The summed E-state index contributed by atoms with van der Waals surface area (Å²) in [4.78, 5) is 25.8. The minimum absolute atomic E-state index is 0.290. The number of rotatable bonds is 1. The normalized spacial score (nSPS) is 12.8. The zero-order valence-electron chi connectivity index (χ0n) is 7.48. The first kappa shape index (κ1) is 8.62. The van der Waals surface area contributed by atoms with Crippen molar-refractivity contribution in [2.45, 2.75) is 0 Å². The Kier molecular flexibility index (Phi) is 1.89. The molecule has 1 amide bonds. The van der Waals surface area contributed by atoms with Crippen molar-refractivity contribution >= 4 is 18.0 Å². The van der Waals surface area contributed by atoms with Gasteiger partial charge >= 0.3 is 5.97 Å². The van der Waals surface area contributed by atoms with E-state index in [1.807, 2.05) is 0 Å². The summed E-state index contributed by atoms with van der Waals surface area (Å²) in [5.41, 5.74) is 0.401. The second kappa shape index (κ2) is 3.06. The van der Waals surface area contributed by atoms with Crippen molar-refractivity contribution in [1.82, 2.24) is 0 Å². The molecule has 1 aromatic rings. The Morgan fingerprint density at radius 2 is 2.21 bits per heavy atom. The summed E-state index contributed by atoms with van der Waals surface area (Å²) < 4.78 is 4.55. The van der Waals surface area contributed by atoms with E-state index < -0.39 is 5.97 Å². The van der Waals surface area contributed by atoms with E-state index in [0.717, 1.165) is 5.22 Å². The van der Waals surface area contributed by atoms with Crippen LogP contribution in [0, 0.1) is 0 Å². The fourth-order valence-electron chi connectivity index (χ4n) is 1.29. The first-order valence-electron chi connectivity index (χ1n) is 4.03. The van der Waals surface area contributed by atoms with Gasteiger partial charge in [-0.3, -0.25) is 4.79 Å². The molecule has 0 atom stereocenters. The van der Waals surface area contributed by atoms with Crippen molar-refractivity contribution in [3.8, 4) is 0 Å². The molecule has 1 heterocycles. The molecule has 0 saturated carbocycles. The first-order chi connectivity index (χ1) is 6.70.